The summed E-state index contributed by atoms with van der Waals surface area (Å²) >= 11 is 0. The number of halogens is 1. The van der Waals surface area contributed by atoms with E-state index in [0.29, 0.717) is 19.4 Å². The van der Waals surface area contributed by atoms with E-state index >= 15 is 0 Å². The van der Waals surface area contributed by atoms with Crippen LogP contribution in [0.5, 0.6) is 0 Å². The number of nitrogens with zero attached hydrogens (tertiary/aromatic N) is 2. The highest BCUT2D eigenvalue weighted by Gasteiger charge is 2.40. The molecule has 0 aliphatic carbocycles. The van der Waals surface area contributed by atoms with Crippen molar-refractivity contribution in [2.24, 2.45) is 0 Å². The summed E-state index contributed by atoms with van der Waals surface area (Å²) in [5.41, 5.74) is 1.28. The molecule has 0 unspecified atom stereocenters. The number of sulfonamides is 1. The Balaban J connectivity index is 1.33. The fourth-order valence-electron chi connectivity index (χ4n) is 4.41. The third kappa shape index (κ3) is 5.14. The van der Waals surface area contributed by atoms with Crippen LogP contribution in [-0.4, -0.2) is 55.2 Å². The number of amides is 1. The summed E-state index contributed by atoms with van der Waals surface area (Å²) in [5.74, 6) is -0.724. The SMILES string of the molecule is O=C(NC1CCN(Cc2ccccc2)CC1)[C@@H]1CCCN1S(=O)(=O)c1ccc(F)cc1. The van der Waals surface area contributed by atoms with E-state index in [4.69, 9.17) is 0 Å². The fraction of sp³-hybridized carbons (Fsp3) is 0.435. The van der Waals surface area contributed by atoms with E-state index in [2.05, 4.69) is 22.3 Å². The molecule has 6 nitrogen and oxygen atoms in total. The first-order valence-electron chi connectivity index (χ1n) is 10.8. The van der Waals surface area contributed by atoms with Gasteiger partial charge in [0.15, 0.2) is 0 Å². The molecular formula is C23H28FN3O3S. The molecule has 2 saturated heterocycles. The van der Waals surface area contributed by atoms with E-state index in [1.165, 1.54) is 22.0 Å². The molecule has 1 amide bonds. The lowest BCUT2D eigenvalue weighted by Gasteiger charge is -2.33. The smallest absolute Gasteiger partial charge is 0.243 e. The number of piperidine rings is 1. The number of likely N-dealkylation sites (tertiary alicyclic amines) is 1. The molecule has 1 N–H and O–H groups in total. The van der Waals surface area contributed by atoms with Gasteiger partial charge in [0.05, 0.1) is 4.90 Å². The Morgan fingerprint density at radius 3 is 2.32 bits per heavy atom. The number of benzene rings is 2. The second-order valence-corrected chi connectivity index (χ2v) is 10.2. The normalized spacial score (nSPS) is 21.3. The van der Waals surface area contributed by atoms with Gasteiger partial charge in [0.2, 0.25) is 15.9 Å². The molecule has 8 heteroatoms. The average Bonchev–Trinajstić information content (AvgIpc) is 3.27. The summed E-state index contributed by atoms with van der Waals surface area (Å²) in [6, 6.07) is 14.4. The summed E-state index contributed by atoms with van der Waals surface area (Å²) in [6.07, 6.45) is 2.82. The lowest BCUT2D eigenvalue weighted by atomic mass is 10.0. The number of hydrogen-bond donors (Lipinski definition) is 1. The molecule has 166 valence electrons. The molecular weight excluding hydrogens is 417 g/mol. The predicted molar refractivity (Wildman–Crippen MR) is 116 cm³/mol. The van der Waals surface area contributed by atoms with Crippen molar-refractivity contribution in [3.63, 3.8) is 0 Å². The van der Waals surface area contributed by atoms with Gasteiger partial charge < -0.3 is 5.32 Å². The molecule has 0 bridgehead atoms. The third-order valence-corrected chi connectivity index (χ3v) is 8.03. The highest BCUT2D eigenvalue weighted by atomic mass is 32.2. The Hall–Kier alpha value is -2.29. The molecule has 0 spiro atoms. The van der Waals surface area contributed by atoms with Crippen LogP contribution in [0, 0.1) is 5.82 Å². The minimum Gasteiger partial charge on any atom is -0.352 e. The summed E-state index contributed by atoms with van der Waals surface area (Å²) in [4.78, 5) is 15.3. The van der Waals surface area contributed by atoms with Gasteiger partial charge in [-0.1, -0.05) is 30.3 Å². The lowest BCUT2D eigenvalue weighted by Crippen LogP contribution is -2.51. The van der Waals surface area contributed by atoms with E-state index in [0.717, 1.165) is 44.6 Å². The molecule has 2 aromatic carbocycles. The van der Waals surface area contributed by atoms with Gasteiger partial charge >= 0.3 is 0 Å². The van der Waals surface area contributed by atoms with Gasteiger partial charge in [0.25, 0.3) is 0 Å². The first-order chi connectivity index (χ1) is 14.9. The topological polar surface area (TPSA) is 69.7 Å². The van der Waals surface area contributed by atoms with Gasteiger partial charge in [-0.3, -0.25) is 9.69 Å². The largest absolute Gasteiger partial charge is 0.352 e. The predicted octanol–water partition coefficient (Wildman–Crippen LogP) is 2.76. The summed E-state index contributed by atoms with van der Waals surface area (Å²) < 4.78 is 40.4. The zero-order valence-corrected chi connectivity index (χ0v) is 18.2. The molecule has 2 heterocycles. The summed E-state index contributed by atoms with van der Waals surface area (Å²) in [7, 11) is -3.84. The van der Waals surface area contributed by atoms with Crippen molar-refractivity contribution in [1.29, 1.82) is 0 Å². The van der Waals surface area contributed by atoms with Gasteiger partial charge in [-0.25, -0.2) is 12.8 Å². The van der Waals surface area contributed by atoms with E-state index in [-0.39, 0.29) is 16.8 Å². The maximum absolute atomic E-state index is 13.2. The quantitative estimate of drug-likeness (QED) is 0.742. The van der Waals surface area contributed by atoms with Gasteiger partial charge in [0, 0.05) is 32.2 Å². The van der Waals surface area contributed by atoms with Crippen LogP contribution in [0.2, 0.25) is 0 Å². The van der Waals surface area contributed by atoms with Crippen LogP contribution in [-0.2, 0) is 21.4 Å². The van der Waals surface area contributed by atoms with Crippen LogP contribution >= 0.6 is 0 Å². The van der Waals surface area contributed by atoms with Gasteiger partial charge in [-0.15, -0.1) is 0 Å². The Kier molecular flexibility index (Phi) is 6.69. The van der Waals surface area contributed by atoms with E-state index in [1.54, 1.807) is 0 Å². The molecule has 0 saturated carbocycles. The van der Waals surface area contributed by atoms with Crippen LogP contribution in [0.1, 0.15) is 31.2 Å². The monoisotopic (exact) mass is 445 g/mol. The number of rotatable bonds is 6. The first-order valence-corrected chi connectivity index (χ1v) is 12.2. The number of carbonyl (C=O) groups is 1. The van der Waals surface area contributed by atoms with Crippen molar-refractivity contribution in [2.45, 2.75) is 49.2 Å². The Morgan fingerprint density at radius 1 is 0.968 bits per heavy atom. The van der Waals surface area contributed by atoms with E-state index in [1.807, 2.05) is 18.2 Å². The highest BCUT2D eigenvalue weighted by molar-refractivity contribution is 7.89. The maximum Gasteiger partial charge on any atom is 0.243 e. The van der Waals surface area contributed by atoms with Crippen LogP contribution in [0.25, 0.3) is 0 Å². The number of nitrogens with one attached hydrogen (secondary N) is 1. The van der Waals surface area contributed by atoms with Crippen LogP contribution < -0.4 is 5.32 Å². The highest BCUT2D eigenvalue weighted by Crippen LogP contribution is 2.27. The molecule has 2 fully saturated rings. The van der Waals surface area contributed by atoms with Crippen molar-refractivity contribution in [3.8, 4) is 0 Å². The molecule has 2 aromatic rings. The minimum absolute atomic E-state index is 0.0165. The fourth-order valence-corrected chi connectivity index (χ4v) is 6.06. The average molecular weight is 446 g/mol. The summed E-state index contributed by atoms with van der Waals surface area (Å²) in [5, 5.41) is 3.08. The third-order valence-electron chi connectivity index (χ3n) is 6.11. The van der Waals surface area contributed by atoms with Crippen LogP contribution in [0.4, 0.5) is 4.39 Å². The van der Waals surface area contributed by atoms with Crippen molar-refractivity contribution in [1.82, 2.24) is 14.5 Å². The molecule has 2 aliphatic rings. The Morgan fingerprint density at radius 2 is 1.65 bits per heavy atom. The van der Waals surface area contributed by atoms with Crippen LogP contribution in [0.3, 0.4) is 0 Å². The number of hydrogen-bond acceptors (Lipinski definition) is 4. The van der Waals surface area contributed by atoms with Gasteiger partial charge in [-0.2, -0.15) is 4.31 Å². The van der Waals surface area contributed by atoms with Crippen molar-refractivity contribution >= 4 is 15.9 Å². The van der Waals surface area contributed by atoms with E-state index in [9.17, 15) is 17.6 Å². The van der Waals surface area contributed by atoms with E-state index < -0.39 is 21.9 Å². The molecule has 4 rings (SSSR count). The molecule has 0 aromatic heterocycles. The lowest BCUT2D eigenvalue weighted by molar-refractivity contribution is -0.125. The maximum atomic E-state index is 13.2. The second-order valence-electron chi connectivity index (χ2n) is 8.27. The summed E-state index contributed by atoms with van der Waals surface area (Å²) in [6.45, 7) is 2.98. The molecule has 0 radical (unpaired) electrons. The molecule has 2 aliphatic heterocycles. The van der Waals surface area contributed by atoms with Crippen molar-refractivity contribution in [3.05, 3.63) is 66.0 Å². The first kappa shape index (κ1) is 21.9. The number of carbonyl (C=O) groups excluding carboxylic acids is 1. The zero-order valence-electron chi connectivity index (χ0n) is 17.4. The second kappa shape index (κ2) is 9.46. The standard InChI is InChI=1S/C23H28FN3O3S/c24-19-8-10-21(11-9-19)31(29,30)27-14-4-7-22(27)23(28)25-20-12-15-26(16-13-20)17-18-5-2-1-3-6-18/h1-3,5-6,8-11,20,22H,4,7,12-17H2,(H,25,28)/t22-/m0/s1. The molecule has 31 heavy (non-hydrogen) atoms. The zero-order chi connectivity index (χ0) is 21.8. The van der Waals surface area contributed by atoms with Crippen molar-refractivity contribution in [2.75, 3.05) is 19.6 Å². The molecule has 1 atom stereocenters. The van der Waals surface area contributed by atoms with Crippen LogP contribution in [0.15, 0.2) is 59.5 Å². The Labute approximate surface area is 183 Å². The van der Waals surface area contributed by atoms with Gasteiger partial charge in [-0.05, 0) is 55.5 Å². The van der Waals surface area contributed by atoms with Crippen molar-refractivity contribution < 1.29 is 17.6 Å². The Bertz CT molecular complexity index is 990. The minimum atomic E-state index is -3.84. The van der Waals surface area contributed by atoms with Gasteiger partial charge in [0.1, 0.15) is 11.9 Å².